The minimum atomic E-state index is -0.847. The van der Waals surface area contributed by atoms with E-state index in [0.717, 1.165) is 14.5 Å². The topological polar surface area (TPSA) is 72.2 Å². The zero-order chi connectivity index (χ0) is 17.0. The minimum absolute atomic E-state index is 0.232. The number of hydrogen-bond donors (Lipinski definition) is 2. The van der Waals surface area contributed by atoms with Crippen molar-refractivity contribution in [1.82, 2.24) is 5.32 Å². The average Bonchev–Trinajstić information content (AvgIpc) is 2.47. The van der Waals surface area contributed by atoms with Crippen molar-refractivity contribution < 1.29 is 9.59 Å². The van der Waals surface area contributed by atoms with Gasteiger partial charge < -0.3 is 11.1 Å². The Kier molecular flexibility index (Phi) is 6.21. The van der Waals surface area contributed by atoms with Gasteiger partial charge in [-0.2, -0.15) is 0 Å². The molecule has 1 atom stereocenters. The summed E-state index contributed by atoms with van der Waals surface area (Å²) in [5, 5.41) is 3.18. The Morgan fingerprint density at radius 2 is 1.74 bits per heavy atom. The summed E-state index contributed by atoms with van der Waals surface area (Å²) in [6.07, 6.45) is 0.232. The highest BCUT2D eigenvalue weighted by atomic mass is 79.9. The zero-order valence-corrected chi connectivity index (χ0v) is 15.8. The molecule has 4 nitrogen and oxygen atoms in total. The van der Waals surface area contributed by atoms with Crippen LogP contribution in [-0.4, -0.2) is 17.9 Å². The van der Waals surface area contributed by atoms with Gasteiger partial charge in [-0.15, -0.1) is 0 Å². The molecule has 2 amide bonds. The second-order valence-electron chi connectivity index (χ2n) is 4.88. The molecule has 0 aliphatic carbocycles. The molecule has 2 rings (SSSR count). The predicted molar refractivity (Wildman–Crippen MR) is 97.4 cm³/mol. The summed E-state index contributed by atoms with van der Waals surface area (Å²) in [5.41, 5.74) is 6.56. The SMILES string of the molecule is NC(=O)[C@@H](Cc1ccccc1Cl)NC(=O)c1cc(Br)cc(Br)c1. The molecular weight excluding hydrogens is 447 g/mol. The van der Waals surface area contributed by atoms with Crippen LogP contribution in [0.5, 0.6) is 0 Å². The van der Waals surface area contributed by atoms with Crippen molar-refractivity contribution in [3.63, 3.8) is 0 Å². The Morgan fingerprint density at radius 3 is 2.30 bits per heavy atom. The highest BCUT2D eigenvalue weighted by Crippen LogP contribution is 2.21. The van der Waals surface area contributed by atoms with Crippen LogP contribution < -0.4 is 11.1 Å². The number of carbonyl (C=O) groups is 2. The van der Waals surface area contributed by atoms with E-state index in [1.165, 1.54) is 0 Å². The summed E-state index contributed by atoms with van der Waals surface area (Å²) in [6, 6.07) is 11.4. The maximum Gasteiger partial charge on any atom is 0.252 e. The van der Waals surface area contributed by atoms with Gasteiger partial charge in [-0.1, -0.05) is 61.7 Å². The molecule has 120 valence electrons. The van der Waals surface area contributed by atoms with Crippen LogP contribution >= 0.6 is 43.5 Å². The maximum atomic E-state index is 12.3. The Balaban J connectivity index is 2.18. The molecule has 7 heteroatoms. The van der Waals surface area contributed by atoms with E-state index in [9.17, 15) is 9.59 Å². The second-order valence-corrected chi connectivity index (χ2v) is 7.12. The van der Waals surface area contributed by atoms with Crippen molar-refractivity contribution in [2.24, 2.45) is 5.73 Å². The summed E-state index contributed by atoms with van der Waals surface area (Å²) in [6.45, 7) is 0. The molecule has 23 heavy (non-hydrogen) atoms. The van der Waals surface area contributed by atoms with E-state index in [2.05, 4.69) is 37.2 Å². The van der Waals surface area contributed by atoms with Crippen LogP contribution in [0.4, 0.5) is 0 Å². The summed E-state index contributed by atoms with van der Waals surface area (Å²) in [7, 11) is 0. The number of nitrogens with one attached hydrogen (secondary N) is 1. The fourth-order valence-corrected chi connectivity index (χ4v) is 3.54. The number of carbonyl (C=O) groups excluding carboxylic acids is 2. The third-order valence-corrected chi connectivity index (χ3v) is 4.44. The first-order valence-corrected chi connectivity index (χ1v) is 8.63. The van der Waals surface area contributed by atoms with Gasteiger partial charge in [0.25, 0.3) is 5.91 Å². The predicted octanol–water partition coefficient (Wildman–Crippen LogP) is 3.69. The number of benzene rings is 2. The zero-order valence-electron chi connectivity index (χ0n) is 11.9. The van der Waals surface area contributed by atoms with Crippen molar-refractivity contribution in [3.8, 4) is 0 Å². The van der Waals surface area contributed by atoms with Crippen LogP contribution in [0.1, 0.15) is 15.9 Å². The van der Waals surface area contributed by atoms with E-state index in [1.54, 1.807) is 30.3 Å². The Hall–Kier alpha value is -1.37. The van der Waals surface area contributed by atoms with Crippen molar-refractivity contribution in [2.75, 3.05) is 0 Å². The van der Waals surface area contributed by atoms with E-state index in [1.807, 2.05) is 12.1 Å². The summed E-state index contributed by atoms with van der Waals surface area (Å²) >= 11 is 12.7. The summed E-state index contributed by atoms with van der Waals surface area (Å²) in [4.78, 5) is 24.0. The van der Waals surface area contributed by atoms with Gasteiger partial charge in [-0.3, -0.25) is 9.59 Å². The van der Waals surface area contributed by atoms with E-state index in [4.69, 9.17) is 17.3 Å². The molecule has 0 aliphatic rings. The Morgan fingerprint density at radius 1 is 1.13 bits per heavy atom. The Labute approximate surface area is 155 Å². The number of amides is 2. The molecule has 3 N–H and O–H groups in total. The normalized spacial score (nSPS) is 11.8. The van der Waals surface area contributed by atoms with Gasteiger partial charge in [0.1, 0.15) is 6.04 Å². The second kappa shape index (κ2) is 7.95. The van der Waals surface area contributed by atoms with Crippen LogP contribution in [-0.2, 0) is 11.2 Å². The van der Waals surface area contributed by atoms with E-state index in [0.29, 0.717) is 10.6 Å². The van der Waals surface area contributed by atoms with Gasteiger partial charge in [-0.05, 0) is 29.8 Å². The first kappa shape index (κ1) is 18.0. The third kappa shape index (κ3) is 5.06. The monoisotopic (exact) mass is 458 g/mol. The number of nitrogens with two attached hydrogens (primary N) is 1. The lowest BCUT2D eigenvalue weighted by atomic mass is 10.0. The number of primary amides is 1. The van der Waals surface area contributed by atoms with E-state index < -0.39 is 11.9 Å². The molecule has 0 spiro atoms. The first-order chi connectivity index (χ1) is 10.9. The fourth-order valence-electron chi connectivity index (χ4n) is 2.03. The lowest BCUT2D eigenvalue weighted by Gasteiger charge is -2.16. The van der Waals surface area contributed by atoms with Gasteiger partial charge in [0.2, 0.25) is 5.91 Å². The van der Waals surface area contributed by atoms with Crippen molar-refractivity contribution in [3.05, 3.63) is 67.6 Å². The molecule has 0 radical (unpaired) electrons. The van der Waals surface area contributed by atoms with Crippen LogP contribution in [0.25, 0.3) is 0 Å². The maximum absolute atomic E-state index is 12.3. The number of hydrogen-bond acceptors (Lipinski definition) is 2. The van der Waals surface area contributed by atoms with Crippen LogP contribution in [0.3, 0.4) is 0 Å². The van der Waals surface area contributed by atoms with Gasteiger partial charge in [0, 0.05) is 26.0 Å². The number of halogens is 3. The third-order valence-electron chi connectivity index (χ3n) is 3.16. The van der Waals surface area contributed by atoms with Crippen LogP contribution in [0, 0.1) is 0 Å². The first-order valence-electron chi connectivity index (χ1n) is 6.66. The molecule has 0 saturated carbocycles. The highest BCUT2D eigenvalue weighted by molar-refractivity contribution is 9.11. The van der Waals surface area contributed by atoms with Crippen LogP contribution in [0.15, 0.2) is 51.4 Å². The molecule has 0 heterocycles. The van der Waals surface area contributed by atoms with Gasteiger partial charge in [0.05, 0.1) is 0 Å². The molecule has 0 bridgehead atoms. The molecule has 0 fully saturated rings. The molecule has 2 aromatic carbocycles. The standard InChI is InChI=1S/C16H13Br2ClN2O2/c17-11-5-10(6-12(18)8-11)16(23)21-14(15(20)22)7-9-3-1-2-4-13(9)19/h1-6,8,14H,7H2,(H2,20,22)(H,21,23)/t14-/m1/s1. The van der Waals surface area contributed by atoms with E-state index >= 15 is 0 Å². The van der Waals surface area contributed by atoms with Gasteiger partial charge in [0.15, 0.2) is 0 Å². The van der Waals surface area contributed by atoms with E-state index in [-0.39, 0.29) is 12.3 Å². The summed E-state index contributed by atoms with van der Waals surface area (Å²) in [5.74, 6) is -1.00. The van der Waals surface area contributed by atoms with Gasteiger partial charge >= 0.3 is 0 Å². The lowest BCUT2D eigenvalue weighted by molar-refractivity contribution is -0.119. The number of rotatable bonds is 5. The molecule has 0 aromatic heterocycles. The minimum Gasteiger partial charge on any atom is -0.368 e. The molecule has 2 aromatic rings. The average molecular weight is 461 g/mol. The quantitative estimate of drug-likeness (QED) is 0.714. The van der Waals surface area contributed by atoms with Gasteiger partial charge in [-0.25, -0.2) is 0 Å². The van der Waals surface area contributed by atoms with Crippen molar-refractivity contribution in [2.45, 2.75) is 12.5 Å². The molecular formula is C16H13Br2ClN2O2. The molecule has 0 aliphatic heterocycles. The fraction of sp³-hybridized carbons (Fsp3) is 0.125. The highest BCUT2D eigenvalue weighted by Gasteiger charge is 2.20. The van der Waals surface area contributed by atoms with Crippen molar-refractivity contribution in [1.29, 1.82) is 0 Å². The molecule has 0 unspecified atom stereocenters. The largest absolute Gasteiger partial charge is 0.368 e. The molecule has 0 saturated heterocycles. The van der Waals surface area contributed by atoms with Crippen molar-refractivity contribution >= 4 is 55.3 Å². The van der Waals surface area contributed by atoms with Crippen LogP contribution in [0.2, 0.25) is 5.02 Å². The smallest absolute Gasteiger partial charge is 0.252 e. The summed E-state index contributed by atoms with van der Waals surface area (Å²) < 4.78 is 1.50. The Bertz CT molecular complexity index is 732. The lowest BCUT2D eigenvalue weighted by Crippen LogP contribution is -2.45.